The molecule has 5 heteroatoms. The van der Waals surface area contributed by atoms with Gasteiger partial charge in [0.1, 0.15) is 17.6 Å². The highest BCUT2D eigenvalue weighted by Crippen LogP contribution is 2.18. The standard InChI is InChI=1S/C16H26N2O3/c1-5-11(2)15(17)16(19)18-10-12(3)21-14-8-6-13(20-4)7-9-14/h6-9,11-12,15H,5,10,17H2,1-4H3,(H,18,19). The van der Waals surface area contributed by atoms with Crippen LogP contribution in [-0.2, 0) is 4.79 Å². The van der Waals surface area contributed by atoms with Crippen molar-refractivity contribution < 1.29 is 14.3 Å². The van der Waals surface area contributed by atoms with Gasteiger partial charge in [0.2, 0.25) is 5.91 Å². The summed E-state index contributed by atoms with van der Waals surface area (Å²) >= 11 is 0. The Kier molecular flexibility index (Phi) is 7.02. The van der Waals surface area contributed by atoms with Gasteiger partial charge in [0.15, 0.2) is 0 Å². The van der Waals surface area contributed by atoms with Crippen LogP contribution in [0, 0.1) is 5.92 Å². The predicted molar refractivity (Wildman–Crippen MR) is 83.5 cm³/mol. The zero-order valence-corrected chi connectivity index (χ0v) is 13.3. The van der Waals surface area contributed by atoms with Gasteiger partial charge in [-0.15, -0.1) is 0 Å². The highest BCUT2D eigenvalue weighted by atomic mass is 16.5. The molecule has 5 nitrogen and oxygen atoms in total. The lowest BCUT2D eigenvalue weighted by Gasteiger charge is -2.20. The zero-order chi connectivity index (χ0) is 15.8. The average Bonchev–Trinajstić information content (AvgIpc) is 2.51. The van der Waals surface area contributed by atoms with Gasteiger partial charge in [-0.25, -0.2) is 0 Å². The van der Waals surface area contributed by atoms with Crippen molar-refractivity contribution in [3.8, 4) is 11.5 Å². The van der Waals surface area contributed by atoms with E-state index in [4.69, 9.17) is 15.2 Å². The van der Waals surface area contributed by atoms with E-state index in [1.165, 1.54) is 0 Å². The Morgan fingerprint density at radius 1 is 1.24 bits per heavy atom. The first kappa shape index (κ1) is 17.3. The maximum atomic E-state index is 11.9. The molecule has 3 unspecified atom stereocenters. The van der Waals surface area contributed by atoms with Crippen molar-refractivity contribution in [3.63, 3.8) is 0 Å². The van der Waals surface area contributed by atoms with Crippen LogP contribution in [0.1, 0.15) is 27.2 Å². The van der Waals surface area contributed by atoms with Crippen LogP contribution in [-0.4, -0.2) is 31.7 Å². The van der Waals surface area contributed by atoms with E-state index in [-0.39, 0.29) is 17.9 Å². The van der Waals surface area contributed by atoms with Gasteiger partial charge in [-0.2, -0.15) is 0 Å². The average molecular weight is 294 g/mol. The number of carbonyl (C=O) groups excluding carboxylic acids is 1. The summed E-state index contributed by atoms with van der Waals surface area (Å²) in [6, 6.07) is 6.87. The number of nitrogens with two attached hydrogens (primary N) is 1. The van der Waals surface area contributed by atoms with Crippen molar-refractivity contribution in [2.45, 2.75) is 39.3 Å². The fourth-order valence-electron chi connectivity index (χ4n) is 1.80. The molecule has 21 heavy (non-hydrogen) atoms. The van der Waals surface area contributed by atoms with Crippen LogP contribution in [0.3, 0.4) is 0 Å². The van der Waals surface area contributed by atoms with Gasteiger partial charge in [-0.1, -0.05) is 20.3 Å². The molecule has 0 radical (unpaired) electrons. The molecular weight excluding hydrogens is 268 g/mol. The Hall–Kier alpha value is -1.75. The molecule has 3 atom stereocenters. The van der Waals surface area contributed by atoms with Crippen LogP contribution < -0.4 is 20.5 Å². The monoisotopic (exact) mass is 294 g/mol. The van der Waals surface area contributed by atoms with Crippen LogP contribution in [0.4, 0.5) is 0 Å². The molecule has 1 aromatic rings. The SMILES string of the molecule is CCC(C)C(N)C(=O)NCC(C)Oc1ccc(OC)cc1. The first-order valence-corrected chi connectivity index (χ1v) is 7.31. The minimum absolute atomic E-state index is 0.130. The lowest BCUT2D eigenvalue weighted by atomic mass is 9.99. The lowest BCUT2D eigenvalue weighted by Crippen LogP contribution is -2.46. The highest BCUT2D eigenvalue weighted by molar-refractivity contribution is 5.81. The van der Waals surface area contributed by atoms with Gasteiger partial charge in [-0.3, -0.25) is 4.79 Å². The van der Waals surface area contributed by atoms with E-state index in [2.05, 4.69) is 5.32 Å². The number of hydrogen-bond acceptors (Lipinski definition) is 4. The van der Waals surface area contributed by atoms with Crippen molar-refractivity contribution in [1.82, 2.24) is 5.32 Å². The number of nitrogens with one attached hydrogen (secondary N) is 1. The molecule has 1 rings (SSSR count). The van der Waals surface area contributed by atoms with Crippen molar-refractivity contribution in [2.24, 2.45) is 11.7 Å². The molecule has 0 saturated heterocycles. The summed E-state index contributed by atoms with van der Waals surface area (Å²) in [5.74, 6) is 1.56. The van der Waals surface area contributed by atoms with Gasteiger partial charge in [0.05, 0.1) is 19.7 Å². The summed E-state index contributed by atoms with van der Waals surface area (Å²) < 4.78 is 10.8. The van der Waals surface area contributed by atoms with Gasteiger partial charge in [-0.05, 0) is 37.1 Å². The smallest absolute Gasteiger partial charge is 0.237 e. The molecule has 118 valence electrons. The second-order valence-corrected chi connectivity index (χ2v) is 5.26. The summed E-state index contributed by atoms with van der Waals surface area (Å²) in [6.07, 6.45) is 0.749. The van der Waals surface area contributed by atoms with E-state index < -0.39 is 6.04 Å². The van der Waals surface area contributed by atoms with E-state index in [0.29, 0.717) is 6.54 Å². The van der Waals surface area contributed by atoms with E-state index in [9.17, 15) is 4.79 Å². The Balaban J connectivity index is 2.39. The number of rotatable bonds is 8. The van der Waals surface area contributed by atoms with Crippen LogP contribution in [0.25, 0.3) is 0 Å². The van der Waals surface area contributed by atoms with Gasteiger partial charge in [0.25, 0.3) is 0 Å². The summed E-state index contributed by atoms with van der Waals surface area (Å²) in [4.78, 5) is 11.9. The number of benzene rings is 1. The molecule has 0 bridgehead atoms. The topological polar surface area (TPSA) is 73.6 Å². The molecule has 0 aliphatic heterocycles. The zero-order valence-electron chi connectivity index (χ0n) is 13.3. The number of hydrogen-bond donors (Lipinski definition) is 2. The molecule has 0 saturated carbocycles. The van der Waals surface area contributed by atoms with Crippen LogP contribution in [0.5, 0.6) is 11.5 Å². The third kappa shape index (κ3) is 5.63. The van der Waals surface area contributed by atoms with Crippen molar-refractivity contribution in [3.05, 3.63) is 24.3 Å². The number of ether oxygens (including phenoxy) is 2. The van der Waals surface area contributed by atoms with Crippen LogP contribution >= 0.6 is 0 Å². The number of carbonyl (C=O) groups is 1. The predicted octanol–water partition coefficient (Wildman–Crippen LogP) is 1.95. The Labute approximate surface area is 126 Å². The molecule has 0 heterocycles. The Morgan fingerprint density at radius 3 is 2.33 bits per heavy atom. The van der Waals surface area contributed by atoms with Crippen molar-refractivity contribution in [2.75, 3.05) is 13.7 Å². The highest BCUT2D eigenvalue weighted by Gasteiger charge is 2.19. The quantitative estimate of drug-likeness (QED) is 0.768. The summed E-state index contributed by atoms with van der Waals surface area (Å²) in [5, 5.41) is 2.83. The minimum atomic E-state index is -0.469. The van der Waals surface area contributed by atoms with E-state index >= 15 is 0 Å². The molecular formula is C16H26N2O3. The third-order valence-corrected chi connectivity index (χ3v) is 3.52. The number of amides is 1. The summed E-state index contributed by atoms with van der Waals surface area (Å²) in [5.41, 5.74) is 5.88. The van der Waals surface area contributed by atoms with E-state index in [1.807, 2.05) is 45.0 Å². The first-order valence-electron chi connectivity index (χ1n) is 7.31. The van der Waals surface area contributed by atoms with Gasteiger partial charge in [0, 0.05) is 0 Å². The van der Waals surface area contributed by atoms with Crippen molar-refractivity contribution in [1.29, 1.82) is 0 Å². The molecule has 1 amide bonds. The Morgan fingerprint density at radius 2 is 1.81 bits per heavy atom. The molecule has 0 aliphatic carbocycles. The maximum Gasteiger partial charge on any atom is 0.237 e. The minimum Gasteiger partial charge on any atom is -0.497 e. The van der Waals surface area contributed by atoms with Crippen molar-refractivity contribution >= 4 is 5.91 Å². The van der Waals surface area contributed by atoms with E-state index in [0.717, 1.165) is 17.9 Å². The third-order valence-electron chi connectivity index (χ3n) is 3.52. The molecule has 0 aromatic heterocycles. The molecule has 1 aromatic carbocycles. The summed E-state index contributed by atoms with van der Waals surface area (Å²) in [7, 11) is 1.62. The molecule has 0 spiro atoms. The van der Waals surface area contributed by atoms with Gasteiger partial charge < -0.3 is 20.5 Å². The van der Waals surface area contributed by atoms with Crippen LogP contribution in [0.2, 0.25) is 0 Å². The number of methoxy groups -OCH3 is 1. The van der Waals surface area contributed by atoms with Crippen LogP contribution in [0.15, 0.2) is 24.3 Å². The molecule has 0 aliphatic rings. The summed E-state index contributed by atoms with van der Waals surface area (Å²) in [6.45, 7) is 6.32. The molecule has 0 fully saturated rings. The van der Waals surface area contributed by atoms with E-state index in [1.54, 1.807) is 7.11 Å². The maximum absolute atomic E-state index is 11.9. The Bertz CT molecular complexity index is 434. The van der Waals surface area contributed by atoms with Gasteiger partial charge >= 0.3 is 0 Å². The first-order chi connectivity index (χ1) is 9.97. The normalized spacial score (nSPS) is 14.9. The fraction of sp³-hybridized carbons (Fsp3) is 0.562. The fourth-order valence-corrected chi connectivity index (χ4v) is 1.80. The second-order valence-electron chi connectivity index (χ2n) is 5.26. The largest absolute Gasteiger partial charge is 0.497 e. The lowest BCUT2D eigenvalue weighted by molar-refractivity contribution is -0.123. The molecule has 3 N–H and O–H groups in total. The second kappa shape index (κ2) is 8.52.